The summed E-state index contributed by atoms with van der Waals surface area (Å²) in [6.45, 7) is 0.517. The second kappa shape index (κ2) is 3.10. The summed E-state index contributed by atoms with van der Waals surface area (Å²) in [4.78, 5) is 17.1. The summed E-state index contributed by atoms with van der Waals surface area (Å²) in [7, 11) is 0. The molecule has 3 rings (SSSR count). The van der Waals surface area contributed by atoms with Crippen LogP contribution in [0, 0.1) is 0 Å². The summed E-state index contributed by atoms with van der Waals surface area (Å²) in [5.74, 6) is 0.988. The van der Waals surface area contributed by atoms with E-state index in [1.54, 1.807) is 12.3 Å². The predicted octanol–water partition coefficient (Wildman–Crippen LogP) is 0.395. The summed E-state index contributed by atoms with van der Waals surface area (Å²) in [6.07, 6.45) is 8.96. The Balaban J connectivity index is 2.11. The summed E-state index contributed by atoms with van der Waals surface area (Å²) in [5, 5.41) is 0. The first kappa shape index (κ1) is 8.96. The number of allylic oxidation sites excluding steroid dienone is 2. The van der Waals surface area contributed by atoms with Crippen molar-refractivity contribution in [3.05, 3.63) is 47.8 Å². The standard InChI is InChI=1S/C11H9N3O2/c12-10(15)8-3-5-14-4-1-2-9-7(6-16-9)11(14)13-8/h1-5H,6H2,(H2,12,15). The van der Waals surface area contributed by atoms with Crippen molar-refractivity contribution in [2.24, 2.45) is 10.7 Å². The topological polar surface area (TPSA) is 67.9 Å². The number of hydrogen-bond donors (Lipinski definition) is 1. The van der Waals surface area contributed by atoms with Crippen molar-refractivity contribution in [3.63, 3.8) is 0 Å². The molecule has 0 saturated carbocycles. The molecule has 0 radical (unpaired) electrons. The Morgan fingerprint density at radius 2 is 2.38 bits per heavy atom. The lowest BCUT2D eigenvalue weighted by molar-refractivity contribution is -0.111. The largest absolute Gasteiger partial charge is 0.488 e. The lowest BCUT2D eigenvalue weighted by atomic mass is 10.1. The fraction of sp³-hybridized carbons (Fsp3) is 0.0909. The molecule has 0 unspecified atom stereocenters. The van der Waals surface area contributed by atoms with E-state index < -0.39 is 5.91 Å². The molecule has 0 aromatic heterocycles. The number of hydrogen-bond acceptors (Lipinski definition) is 4. The highest BCUT2D eigenvalue weighted by Gasteiger charge is 2.28. The molecule has 5 heteroatoms. The van der Waals surface area contributed by atoms with Crippen molar-refractivity contribution < 1.29 is 9.53 Å². The maximum absolute atomic E-state index is 11.1. The minimum atomic E-state index is -0.525. The van der Waals surface area contributed by atoms with Gasteiger partial charge in [0.2, 0.25) is 0 Å². The monoisotopic (exact) mass is 215 g/mol. The van der Waals surface area contributed by atoms with Gasteiger partial charge in [0.25, 0.3) is 5.91 Å². The zero-order chi connectivity index (χ0) is 11.1. The Morgan fingerprint density at radius 3 is 3.06 bits per heavy atom. The smallest absolute Gasteiger partial charge is 0.267 e. The number of nitrogens with zero attached hydrogens (tertiary/aromatic N) is 2. The number of primary amides is 1. The van der Waals surface area contributed by atoms with Gasteiger partial charge in [-0.3, -0.25) is 4.79 Å². The molecule has 1 fully saturated rings. The molecule has 1 amide bonds. The first-order valence-electron chi connectivity index (χ1n) is 4.85. The first-order chi connectivity index (χ1) is 7.75. The van der Waals surface area contributed by atoms with Crippen LogP contribution < -0.4 is 5.73 Å². The molecule has 80 valence electrons. The summed E-state index contributed by atoms with van der Waals surface area (Å²) >= 11 is 0. The minimum Gasteiger partial charge on any atom is -0.488 e. The van der Waals surface area contributed by atoms with Gasteiger partial charge in [0.05, 0.1) is 5.57 Å². The van der Waals surface area contributed by atoms with Crippen LogP contribution in [-0.2, 0) is 9.53 Å². The number of amides is 1. The van der Waals surface area contributed by atoms with E-state index in [9.17, 15) is 4.79 Å². The number of carbonyl (C=O) groups is 1. The Morgan fingerprint density at radius 1 is 1.50 bits per heavy atom. The Hall–Kier alpha value is -2.30. The minimum absolute atomic E-state index is 0.264. The highest BCUT2D eigenvalue weighted by Crippen LogP contribution is 2.32. The lowest BCUT2D eigenvalue weighted by Gasteiger charge is -2.28. The highest BCUT2D eigenvalue weighted by atomic mass is 16.5. The third kappa shape index (κ3) is 1.18. The van der Waals surface area contributed by atoms with Crippen molar-refractivity contribution in [1.29, 1.82) is 0 Å². The van der Waals surface area contributed by atoms with Crippen LogP contribution in [0.3, 0.4) is 0 Å². The van der Waals surface area contributed by atoms with Gasteiger partial charge in [0.1, 0.15) is 23.9 Å². The number of aliphatic imine (C=N–C) groups is 1. The SMILES string of the molecule is NC(=O)C1=NC2=C3COC3=CC=CN2C=C1. The van der Waals surface area contributed by atoms with Crippen LogP contribution in [0.5, 0.6) is 0 Å². The third-order valence-electron chi connectivity index (χ3n) is 2.55. The van der Waals surface area contributed by atoms with E-state index >= 15 is 0 Å². The maximum Gasteiger partial charge on any atom is 0.267 e. The van der Waals surface area contributed by atoms with E-state index in [0.29, 0.717) is 12.4 Å². The molecule has 0 bridgehead atoms. The third-order valence-corrected chi connectivity index (χ3v) is 2.55. The summed E-state index contributed by atoms with van der Waals surface area (Å²) in [5.41, 5.74) is 6.46. The number of nitrogens with two attached hydrogens (primary N) is 1. The summed E-state index contributed by atoms with van der Waals surface area (Å²) < 4.78 is 5.28. The van der Waals surface area contributed by atoms with Gasteiger partial charge in [0, 0.05) is 12.4 Å². The van der Waals surface area contributed by atoms with Crippen molar-refractivity contribution >= 4 is 11.6 Å². The normalized spacial score (nSPS) is 21.1. The molecule has 0 aliphatic carbocycles. The second-order valence-corrected chi connectivity index (χ2v) is 3.55. The zero-order valence-corrected chi connectivity index (χ0v) is 8.38. The average molecular weight is 215 g/mol. The molecule has 0 spiro atoms. The number of fused-ring (bicyclic) bond motifs is 2. The van der Waals surface area contributed by atoms with Crippen LogP contribution in [0.4, 0.5) is 0 Å². The molecule has 5 nitrogen and oxygen atoms in total. The van der Waals surface area contributed by atoms with Gasteiger partial charge < -0.3 is 15.4 Å². The lowest BCUT2D eigenvalue weighted by Crippen LogP contribution is -2.28. The number of ether oxygens (including phenoxy) is 1. The van der Waals surface area contributed by atoms with E-state index in [0.717, 1.165) is 11.3 Å². The molecule has 0 aromatic carbocycles. The Kier molecular flexibility index (Phi) is 1.73. The fourth-order valence-electron chi connectivity index (χ4n) is 1.69. The Labute approximate surface area is 91.9 Å². The van der Waals surface area contributed by atoms with E-state index in [4.69, 9.17) is 10.5 Å². The second-order valence-electron chi connectivity index (χ2n) is 3.55. The predicted molar refractivity (Wildman–Crippen MR) is 57.8 cm³/mol. The number of rotatable bonds is 1. The molecule has 1 saturated heterocycles. The van der Waals surface area contributed by atoms with Crippen molar-refractivity contribution in [1.82, 2.24) is 4.90 Å². The van der Waals surface area contributed by atoms with Gasteiger partial charge >= 0.3 is 0 Å². The van der Waals surface area contributed by atoms with Crippen LogP contribution in [0.25, 0.3) is 0 Å². The molecule has 2 N–H and O–H groups in total. The van der Waals surface area contributed by atoms with E-state index in [1.165, 1.54) is 0 Å². The summed E-state index contributed by atoms with van der Waals surface area (Å²) in [6, 6.07) is 0. The van der Waals surface area contributed by atoms with Gasteiger partial charge in [-0.05, 0) is 18.2 Å². The molecule has 0 aromatic rings. The quantitative estimate of drug-likeness (QED) is 0.688. The van der Waals surface area contributed by atoms with Crippen molar-refractivity contribution in [2.75, 3.05) is 6.61 Å². The van der Waals surface area contributed by atoms with Crippen LogP contribution in [0.1, 0.15) is 0 Å². The molecular weight excluding hydrogens is 206 g/mol. The van der Waals surface area contributed by atoms with Crippen molar-refractivity contribution in [2.45, 2.75) is 0 Å². The van der Waals surface area contributed by atoms with Crippen LogP contribution in [0.15, 0.2) is 52.8 Å². The average Bonchev–Trinajstić information content (AvgIpc) is 2.34. The van der Waals surface area contributed by atoms with E-state index in [-0.39, 0.29) is 5.71 Å². The molecule has 3 heterocycles. The maximum atomic E-state index is 11.1. The van der Waals surface area contributed by atoms with Crippen LogP contribution in [-0.4, -0.2) is 23.1 Å². The van der Waals surface area contributed by atoms with Crippen molar-refractivity contribution in [3.8, 4) is 0 Å². The highest BCUT2D eigenvalue weighted by molar-refractivity contribution is 6.43. The molecule has 3 aliphatic heterocycles. The van der Waals surface area contributed by atoms with Crippen LogP contribution >= 0.6 is 0 Å². The van der Waals surface area contributed by atoms with E-state index in [1.807, 2.05) is 23.3 Å². The molecule has 0 atom stereocenters. The fourth-order valence-corrected chi connectivity index (χ4v) is 1.69. The van der Waals surface area contributed by atoms with Gasteiger partial charge in [0.15, 0.2) is 0 Å². The van der Waals surface area contributed by atoms with Gasteiger partial charge in [-0.1, -0.05) is 0 Å². The first-order valence-corrected chi connectivity index (χ1v) is 4.85. The van der Waals surface area contributed by atoms with Gasteiger partial charge in [-0.25, -0.2) is 4.99 Å². The number of carbonyl (C=O) groups excluding carboxylic acids is 1. The van der Waals surface area contributed by atoms with Gasteiger partial charge in [-0.15, -0.1) is 0 Å². The van der Waals surface area contributed by atoms with Gasteiger partial charge in [-0.2, -0.15) is 0 Å². The van der Waals surface area contributed by atoms with Crippen LogP contribution in [0.2, 0.25) is 0 Å². The Bertz CT molecular complexity index is 523. The molecular formula is C11H9N3O2. The molecule has 3 aliphatic rings. The zero-order valence-electron chi connectivity index (χ0n) is 8.38. The molecule has 16 heavy (non-hydrogen) atoms. The van der Waals surface area contributed by atoms with E-state index in [2.05, 4.69) is 4.99 Å².